The van der Waals surface area contributed by atoms with Gasteiger partial charge in [0.05, 0.1) is 17.6 Å². The van der Waals surface area contributed by atoms with Crippen LogP contribution in [0.15, 0.2) is 24.4 Å². The van der Waals surface area contributed by atoms with Crippen molar-refractivity contribution >= 4 is 16.9 Å². The van der Waals surface area contributed by atoms with Crippen molar-refractivity contribution in [3.63, 3.8) is 0 Å². The number of carbonyl (C=O) groups is 1. The van der Waals surface area contributed by atoms with Crippen molar-refractivity contribution in [3.05, 3.63) is 30.0 Å². The molecule has 2 atom stereocenters. The van der Waals surface area contributed by atoms with Crippen LogP contribution in [0.5, 0.6) is 0 Å². The number of nitrogens with one attached hydrogen (secondary N) is 2. The second-order valence-corrected chi connectivity index (χ2v) is 4.45. The van der Waals surface area contributed by atoms with Gasteiger partial charge in [-0.05, 0) is 18.1 Å². The van der Waals surface area contributed by atoms with E-state index in [1.54, 1.807) is 6.20 Å². The first-order chi connectivity index (χ1) is 8.24. The number of benzene rings is 1. The van der Waals surface area contributed by atoms with Gasteiger partial charge in [0.2, 0.25) is 0 Å². The molecule has 88 valence electrons. The van der Waals surface area contributed by atoms with Crippen LogP contribution in [-0.2, 0) is 4.79 Å². The quantitative estimate of drug-likeness (QED) is 0.728. The largest absolute Gasteiger partial charge is 0.481 e. The van der Waals surface area contributed by atoms with Gasteiger partial charge in [-0.25, -0.2) is 0 Å². The van der Waals surface area contributed by atoms with E-state index in [-0.39, 0.29) is 12.0 Å². The van der Waals surface area contributed by atoms with E-state index in [1.165, 1.54) is 0 Å². The van der Waals surface area contributed by atoms with Crippen LogP contribution in [0.3, 0.4) is 0 Å². The van der Waals surface area contributed by atoms with Gasteiger partial charge in [0.1, 0.15) is 0 Å². The number of aromatic amines is 1. The number of nitrogens with zero attached hydrogens (tertiary/aromatic N) is 1. The van der Waals surface area contributed by atoms with Crippen LogP contribution in [-0.4, -0.2) is 27.8 Å². The minimum Gasteiger partial charge on any atom is -0.481 e. The predicted octanol–water partition coefficient (Wildman–Crippen LogP) is 1.30. The van der Waals surface area contributed by atoms with Gasteiger partial charge in [0.15, 0.2) is 0 Å². The van der Waals surface area contributed by atoms with Crippen molar-refractivity contribution in [2.75, 3.05) is 6.54 Å². The molecule has 1 saturated heterocycles. The number of carboxylic acid groups (broad SMARTS) is 1. The maximum Gasteiger partial charge on any atom is 0.307 e. The van der Waals surface area contributed by atoms with Crippen LogP contribution in [0, 0.1) is 5.92 Å². The average Bonchev–Trinajstić information content (AvgIpc) is 2.97. The van der Waals surface area contributed by atoms with Crippen LogP contribution in [0.25, 0.3) is 10.9 Å². The molecule has 2 aromatic rings. The van der Waals surface area contributed by atoms with Crippen molar-refractivity contribution in [2.45, 2.75) is 12.5 Å². The Labute approximate surface area is 97.8 Å². The third-order valence-corrected chi connectivity index (χ3v) is 3.35. The second-order valence-electron chi connectivity index (χ2n) is 4.45. The fourth-order valence-electron chi connectivity index (χ4n) is 2.35. The van der Waals surface area contributed by atoms with Gasteiger partial charge in [0, 0.05) is 18.0 Å². The molecular weight excluding hydrogens is 218 g/mol. The molecule has 17 heavy (non-hydrogen) atoms. The van der Waals surface area contributed by atoms with Gasteiger partial charge in [-0.1, -0.05) is 12.1 Å². The summed E-state index contributed by atoms with van der Waals surface area (Å²) in [6, 6.07) is 6.19. The summed E-state index contributed by atoms with van der Waals surface area (Å²) in [5.74, 6) is -1.000. The molecule has 0 radical (unpaired) electrons. The SMILES string of the molecule is O=C(O)C1CNC(c2ccc3cn[nH]c3c2)C1. The molecule has 0 saturated carbocycles. The first kappa shape index (κ1) is 10.3. The molecule has 1 aliphatic rings. The van der Waals surface area contributed by atoms with Crippen molar-refractivity contribution < 1.29 is 9.90 Å². The monoisotopic (exact) mass is 231 g/mol. The molecule has 0 bridgehead atoms. The highest BCUT2D eigenvalue weighted by atomic mass is 16.4. The first-order valence-corrected chi connectivity index (χ1v) is 5.63. The Morgan fingerprint density at radius 3 is 3.12 bits per heavy atom. The van der Waals surface area contributed by atoms with Gasteiger partial charge in [0.25, 0.3) is 0 Å². The van der Waals surface area contributed by atoms with Crippen LogP contribution < -0.4 is 5.32 Å². The molecule has 3 N–H and O–H groups in total. The van der Waals surface area contributed by atoms with E-state index in [9.17, 15) is 4.79 Å². The predicted molar refractivity (Wildman–Crippen MR) is 62.6 cm³/mol. The van der Waals surface area contributed by atoms with Crippen molar-refractivity contribution in [1.82, 2.24) is 15.5 Å². The van der Waals surface area contributed by atoms with Gasteiger partial charge in [-0.15, -0.1) is 0 Å². The fraction of sp³-hybridized carbons (Fsp3) is 0.333. The topological polar surface area (TPSA) is 78.0 Å². The number of rotatable bonds is 2. The summed E-state index contributed by atoms with van der Waals surface area (Å²) in [6.45, 7) is 0.543. The van der Waals surface area contributed by atoms with Crippen LogP contribution >= 0.6 is 0 Å². The summed E-state index contributed by atoms with van der Waals surface area (Å²) in [6.07, 6.45) is 2.43. The van der Waals surface area contributed by atoms with Crippen molar-refractivity contribution in [2.24, 2.45) is 5.92 Å². The number of fused-ring (bicyclic) bond motifs is 1. The summed E-state index contributed by atoms with van der Waals surface area (Å²) in [4.78, 5) is 10.9. The van der Waals surface area contributed by atoms with E-state index in [0.29, 0.717) is 13.0 Å². The summed E-state index contributed by atoms with van der Waals surface area (Å²) < 4.78 is 0. The maximum absolute atomic E-state index is 10.9. The summed E-state index contributed by atoms with van der Waals surface area (Å²) in [5, 5.41) is 20.2. The molecule has 2 unspecified atom stereocenters. The standard InChI is InChI=1S/C12H13N3O2/c16-12(17)9-4-10(13-5-9)7-1-2-8-6-14-15-11(8)3-7/h1-3,6,9-10,13H,4-5H2,(H,14,15)(H,16,17). The molecule has 1 aliphatic heterocycles. The third kappa shape index (κ3) is 1.78. The molecule has 2 heterocycles. The zero-order valence-electron chi connectivity index (χ0n) is 9.18. The number of aromatic nitrogens is 2. The maximum atomic E-state index is 10.9. The smallest absolute Gasteiger partial charge is 0.307 e. The van der Waals surface area contributed by atoms with Crippen LogP contribution in [0.1, 0.15) is 18.0 Å². The summed E-state index contributed by atoms with van der Waals surface area (Å²) in [7, 11) is 0. The van der Waals surface area contributed by atoms with Gasteiger partial charge < -0.3 is 10.4 Å². The minimum atomic E-state index is -0.720. The number of hydrogen-bond acceptors (Lipinski definition) is 3. The molecular formula is C12H13N3O2. The Morgan fingerprint density at radius 2 is 2.35 bits per heavy atom. The third-order valence-electron chi connectivity index (χ3n) is 3.35. The lowest BCUT2D eigenvalue weighted by Gasteiger charge is -2.10. The Balaban J connectivity index is 1.87. The highest BCUT2D eigenvalue weighted by molar-refractivity contribution is 5.78. The Kier molecular flexibility index (Phi) is 2.33. The van der Waals surface area contributed by atoms with Crippen LogP contribution in [0.2, 0.25) is 0 Å². The average molecular weight is 231 g/mol. The van der Waals surface area contributed by atoms with E-state index in [1.807, 2.05) is 18.2 Å². The molecule has 1 aromatic carbocycles. The van der Waals surface area contributed by atoms with E-state index < -0.39 is 5.97 Å². The van der Waals surface area contributed by atoms with Crippen molar-refractivity contribution in [3.8, 4) is 0 Å². The second kappa shape index (κ2) is 3.85. The van der Waals surface area contributed by atoms with Gasteiger partial charge >= 0.3 is 5.97 Å². The number of carboxylic acids is 1. The van der Waals surface area contributed by atoms with E-state index >= 15 is 0 Å². The lowest BCUT2D eigenvalue weighted by Crippen LogP contribution is -2.17. The Bertz CT molecular complexity index is 564. The highest BCUT2D eigenvalue weighted by Gasteiger charge is 2.30. The summed E-state index contributed by atoms with van der Waals surface area (Å²) >= 11 is 0. The van der Waals surface area contributed by atoms with Crippen LogP contribution in [0.4, 0.5) is 0 Å². The molecule has 1 fully saturated rings. The van der Waals surface area contributed by atoms with Crippen molar-refractivity contribution in [1.29, 1.82) is 0 Å². The molecule has 3 rings (SSSR count). The zero-order valence-corrected chi connectivity index (χ0v) is 9.18. The fourth-order valence-corrected chi connectivity index (χ4v) is 2.35. The molecule has 5 heteroatoms. The van der Waals surface area contributed by atoms with E-state index in [0.717, 1.165) is 16.5 Å². The zero-order chi connectivity index (χ0) is 11.8. The Morgan fingerprint density at radius 1 is 1.47 bits per heavy atom. The number of H-pyrrole nitrogens is 1. The first-order valence-electron chi connectivity index (χ1n) is 5.63. The lowest BCUT2D eigenvalue weighted by atomic mass is 9.99. The van der Waals surface area contributed by atoms with Gasteiger partial charge in [-0.2, -0.15) is 5.10 Å². The number of hydrogen-bond donors (Lipinski definition) is 3. The Hall–Kier alpha value is -1.88. The molecule has 1 aromatic heterocycles. The normalized spacial score (nSPS) is 24.2. The minimum absolute atomic E-state index is 0.129. The molecule has 0 spiro atoms. The van der Waals surface area contributed by atoms with Gasteiger partial charge in [-0.3, -0.25) is 9.89 Å². The molecule has 5 nitrogen and oxygen atoms in total. The summed E-state index contributed by atoms with van der Waals surface area (Å²) in [5.41, 5.74) is 2.11. The number of aliphatic carboxylic acids is 1. The van der Waals surface area contributed by atoms with E-state index in [4.69, 9.17) is 5.11 Å². The lowest BCUT2D eigenvalue weighted by molar-refractivity contribution is -0.141. The molecule has 0 aliphatic carbocycles. The highest BCUT2D eigenvalue weighted by Crippen LogP contribution is 2.28. The van der Waals surface area contributed by atoms with E-state index in [2.05, 4.69) is 15.5 Å². The molecule has 0 amide bonds.